The predicted octanol–water partition coefficient (Wildman–Crippen LogP) is 5.70. The molecule has 0 atom stereocenters. The van der Waals surface area contributed by atoms with E-state index in [0.29, 0.717) is 17.0 Å². The first kappa shape index (κ1) is 19.7. The highest BCUT2D eigenvalue weighted by atomic mass is 19.3. The number of fused-ring (bicyclic) bond motifs is 1. The molecule has 3 nitrogen and oxygen atoms in total. The summed E-state index contributed by atoms with van der Waals surface area (Å²) in [5, 5.41) is 0. The van der Waals surface area contributed by atoms with Crippen molar-refractivity contribution < 1.29 is 40.3 Å². The number of rotatable bonds is 2. The summed E-state index contributed by atoms with van der Waals surface area (Å²) in [5.41, 5.74) is -2.98. The number of nitrogens with zero attached hydrogens (tertiary/aromatic N) is 1. The van der Waals surface area contributed by atoms with E-state index in [4.69, 9.17) is 0 Å². The number of anilines is 2. The highest BCUT2D eigenvalue weighted by molar-refractivity contribution is 6.07. The molecule has 0 bridgehead atoms. The lowest BCUT2D eigenvalue weighted by Crippen LogP contribution is -2.48. The van der Waals surface area contributed by atoms with Crippen LogP contribution in [0.2, 0.25) is 0 Å². The summed E-state index contributed by atoms with van der Waals surface area (Å²) < 4.78 is 102. The number of carbonyl (C=O) groups excluding carboxylic acids is 1. The van der Waals surface area contributed by atoms with Gasteiger partial charge in [-0.15, -0.1) is 0 Å². The molecule has 0 saturated carbocycles. The van der Waals surface area contributed by atoms with Crippen LogP contribution < -0.4 is 9.64 Å². The third kappa shape index (κ3) is 2.95. The summed E-state index contributed by atoms with van der Waals surface area (Å²) in [6.07, 6.45) is -4.36. The van der Waals surface area contributed by atoms with Crippen LogP contribution in [0.4, 0.5) is 42.1 Å². The first-order valence-corrected chi connectivity index (χ1v) is 8.25. The second-order valence-electron chi connectivity index (χ2n) is 6.24. The minimum absolute atomic E-state index is 0.0616. The summed E-state index contributed by atoms with van der Waals surface area (Å²) >= 11 is 0. The number of para-hydroxylation sites is 1. The summed E-state index contributed by atoms with van der Waals surface area (Å²) in [5.74, 6) is -11.6. The Morgan fingerprint density at radius 2 is 1.40 bits per heavy atom. The van der Waals surface area contributed by atoms with Gasteiger partial charge < -0.3 is 4.74 Å². The molecule has 1 heterocycles. The van der Waals surface area contributed by atoms with Gasteiger partial charge in [-0.2, -0.15) is 8.78 Å². The fourth-order valence-corrected chi connectivity index (χ4v) is 3.06. The second-order valence-corrected chi connectivity index (χ2v) is 6.24. The van der Waals surface area contributed by atoms with Gasteiger partial charge in [0.1, 0.15) is 5.82 Å². The Kier molecular flexibility index (Phi) is 4.44. The number of carbonyl (C=O) groups is 1. The van der Waals surface area contributed by atoms with Gasteiger partial charge in [0, 0.05) is 23.4 Å². The van der Waals surface area contributed by atoms with Crippen molar-refractivity contribution in [3.05, 3.63) is 77.6 Å². The predicted molar refractivity (Wildman–Crippen MR) is 90.8 cm³/mol. The molecule has 3 aromatic rings. The molecule has 0 spiro atoms. The quantitative estimate of drug-likeness (QED) is 0.388. The van der Waals surface area contributed by atoms with Gasteiger partial charge in [0.05, 0.1) is 11.3 Å². The van der Waals surface area contributed by atoms with E-state index in [-0.39, 0.29) is 11.8 Å². The van der Waals surface area contributed by atoms with Gasteiger partial charge in [-0.3, -0.25) is 9.69 Å². The van der Waals surface area contributed by atoms with E-state index >= 15 is 0 Å². The summed E-state index contributed by atoms with van der Waals surface area (Å²) in [4.78, 5) is 12.7. The van der Waals surface area contributed by atoms with Crippen LogP contribution in [0, 0.1) is 29.1 Å². The number of hydrogen-bond donors (Lipinski definition) is 0. The SMILES string of the molecule is O=C1N(c2ccccc2)c2cc(-c3c(F)c(F)cc(F)c3F)c(F)cc2OC1(F)F. The first-order valence-electron chi connectivity index (χ1n) is 8.25. The third-order valence-electron chi connectivity index (χ3n) is 4.38. The van der Waals surface area contributed by atoms with Crippen molar-refractivity contribution in [2.45, 2.75) is 6.11 Å². The Morgan fingerprint density at radius 3 is 2.00 bits per heavy atom. The van der Waals surface area contributed by atoms with E-state index in [0.717, 1.165) is 0 Å². The van der Waals surface area contributed by atoms with Crippen LogP contribution in [-0.4, -0.2) is 12.0 Å². The van der Waals surface area contributed by atoms with Gasteiger partial charge in [0.25, 0.3) is 0 Å². The molecule has 0 fully saturated rings. The van der Waals surface area contributed by atoms with Gasteiger partial charge in [-0.05, 0) is 18.2 Å². The van der Waals surface area contributed by atoms with Gasteiger partial charge in [0.15, 0.2) is 29.0 Å². The largest absolute Gasteiger partial charge is 0.483 e. The summed E-state index contributed by atoms with van der Waals surface area (Å²) in [6, 6.07) is 7.80. The molecule has 1 aliphatic rings. The van der Waals surface area contributed by atoms with Crippen LogP contribution in [-0.2, 0) is 4.79 Å². The monoisotopic (exact) mass is 427 g/mol. The molecule has 0 radical (unpaired) electrons. The lowest BCUT2D eigenvalue weighted by Gasteiger charge is -2.34. The van der Waals surface area contributed by atoms with Crippen molar-refractivity contribution in [2.24, 2.45) is 0 Å². The van der Waals surface area contributed by atoms with Crippen molar-refractivity contribution in [3.8, 4) is 16.9 Å². The molecule has 1 amide bonds. The van der Waals surface area contributed by atoms with E-state index in [1.54, 1.807) is 0 Å². The lowest BCUT2D eigenvalue weighted by molar-refractivity contribution is -0.191. The Bertz CT molecular complexity index is 1160. The molecule has 0 aliphatic carbocycles. The number of alkyl halides is 2. The Morgan fingerprint density at radius 1 is 0.800 bits per heavy atom. The van der Waals surface area contributed by atoms with Gasteiger partial charge in [-0.25, -0.2) is 22.0 Å². The maximum Gasteiger partial charge on any atom is 0.483 e. The molecule has 154 valence electrons. The molecule has 1 aliphatic heterocycles. The van der Waals surface area contributed by atoms with Crippen LogP contribution >= 0.6 is 0 Å². The number of benzene rings is 3. The second kappa shape index (κ2) is 6.75. The molecule has 0 saturated heterocycles. The van der Waals surface area contributed by atoms with Crippen molar-refractivity contribution >= 4 is 17.3 Å². The lowest BCUT2D eigenvalue weighted by atomic mass is 10.0. The highest BCUT2D eigenvalue weighted by Crippen LogP contribution is 2.46. The minimum Gasteiger partial charge on any atom is -0.423 e. The zero-order chi connectivity index (χ0) is 21.8. The number of hydrogen-bond acceptors (Lipinski definition) is 2. The van der Waals surface area contributed by atoms with Crippen LogP contribution in [0.15, 0.2) is 48.5 Å². The molecule has 0 unspecified atom stereocenters. The Hall–Kier alpha value is -3.56. The maximum atomic E-state index is 14.6. The number of halogens is 7. The van der Waals surface area contributed by atoms with Gasteiger partial charge in [0.2, 0.25) is 0 Å². The van der Waals surface area contributed by atoms with Crippen molar-refractivity contribution in [1.29, 1.82) is 0 Å². The van der Waals surface area contributed by atoms with E-state index in [1.807, 2.05) is 0 Å². The molecular weight excluding hydrogens is 419 g/mol. The van der Waals surface area contributed by atoms with Crippen molar-refractivity contribution in [1.82, 2.24) is 0 Å². The highest BCUT2D eigenvalue weighted by Gasteiger charge is 2.51. The topological polar surface area (TPSA) is 29.5 Å². The van der Waals surface area contributed by atoms with E-state index in [1.165, 1.54) is 30.3 Å². The molecule has 4 rings (SSSR count). The Balaban J connectivity index is 2.01. The maximum absolute atomic E-state index is 14.6. The average Bonchev–Trinajstić information content (AvgIpc) is 2.69. The summed E-state index contributed by atoms with van der Waals surface area (Å²) in [7, 11) is 0. The normalized spacial score (nSPS) is 15.0. The van der Waals surface area contributed by atoms with Crippen LogP contribution in [0.25, 0.3) is 11.1 Å². The van der Waals surface area contributed by atoms with Crippen LogP contribution in [0.5, 0.6) is 5.75 Å². The number of amides is 1. The standard InChI is InChI=1S/C20H8F7NO2/c21-11-8-15-14(6-10(11)16-17(24)12(22)7-13(23)18(16)25)28(9-4-2-1-3-5-9)19(29)20(26,27)30-15/h1-8H. The van der Waals surface area contributed by atoms with Crippen LogP contribution in [0.1, 0.15) is 0 Å². The zero-order valence-corrected chi connectivity index (χ0v) is 14.5. The molecule has 10 heteroatoms. The third-order valence-corrected chi connectivity index (χ3v) is 4.38. The van der Waals surface area contributed by atoms with E-state index < -0.39 is 63.7 Å². The number of ether oxygens (including phenoxy) is 1. The fourth-order valence-electron chi connectivity index (χ4n) is 3.06. The molecule has 0 aromatic heterocycles. The molecule has 3 aromatic carbocycles. The molecular formula is C20H8F7NO2. The van der Waals surface area contributed by atoms with E-state index in [2.05, 4.69) is 4.74 Å². The Labute approximate surface area is 163 Å². The molecule has 0 N–H and O–H groups in total. The smallest absolute Gasteiger partial charge is 0.423 e. The minimum atomic E-state index is -4.36. The fraction of sp³-hybridized carbons (Fsp3) is 0.0500. The first-order chi connectivity index (χ1) is 14.1. The zero-order valence-electron chi connectivity index (χ0n) is 14.5. The van der Waals surface area contributed by atoms with E-state index in [9.17, 15) is 35.5 Å². The average molecular weight is 427 g/mol. The van der Waals surface area contributed by atoms with Crippen LogP contribution in [0.3, 0.4) is 0 Å². The van der Waals surface area contributed by atoms with Crippen molar-refractivity contribution in [3.63, 3.8) is 0 Å². The summed E-state index contributed by atoms with van der Waals surface area (Å²) in [6.45, 7) is 0. The van der Waals surface area contributed by atoms with Crippen molar-refractivity contribution in [2.75, 3.05) is 4.90 Å². The molecule has 30 heavy (non-hydrogen) atoms. The van der Waals surface area contributed by atoms with Gasteiger partial charge >= 0.3 is 12.0 Å². The van der Waals surface area contributed by atoms with Gasteiger partial charge in [-0.1, -0.05) is 18.2 Å².